The fourth-order valence-corrected chi connectivity index (χ4v) is 1.17. The van der Waals surface area contributed by atoms with Gasteiger partial charge in [0.15, 0.2) is 18.3 Å². The van der Waals surface area contributed by atoms with Gasteiger partial charge in [0.25, 0.3) is 0 Å². The van der Waals surface area contributed by atoms with Crippen molar-refractivity contribution in [2.45, 2.75) is 0 Å². The molecule has 0 bridgehead atoms. The lowest BCUT2D eigenvalue weighted by atomic mass is 10.2. The molecule has 0 N–H and O–H groups in total. The smallest absolute Gasteiger partial charge is 0.182 e. The predicted octanol–water partition coefficient (Wildman–Crippen LogP) is 1.65. The summed E-state index contributed by atoms with van der Waals surface area (Å²) in [5, 5.41) is 0. The molecule has 1 aromatic heterocycles. The molecular formula is C9H7NO3. The molecule has 0 spiro atoms. The minimum absolute atomic E-state index is 0.451. The normalized spacial score (nSPS) is 10.2. The maximum Gasteiger partial charge on any atom is 0.182 e. The van der Waals surface area contributed by atoms with Gasteiger partial charge in [-0.05, 0) is 6.07 Å². The van der Waals surface area contributed by atoms with Crippen molar-refractivity contribution in [2.75, 3.05) is 7.11 Å². The lowest BCUT2D eigenvalue weighted by molar-refractivity contribution is 0.112. The zero-order valence-electron chi connectivity index (χ0n) is 6.98. The predicted molar refractivity (Wildman–Crippen MR) is 45.9 cm³/mol. The van der Waals surface area contributed by atoms with Crippen LogP contribution >= 0.6 is 0 Å². The number of carbonyl (C=O) groups excluding carboxylic acids is 1. The Morgan fingerprint density at radius 1 is 1.54 bits per heavy atom. The molecule has 1 aromatic carbocycles. The van der Waals surface area contributed by atoms with Crippen molar-refractivity contribution >= 4 is 17.4 Å². The summed E-state index contributed by atoms with van der Waals surface area (Å²) in [6.45, 7) is 0. The van der Waals surface area contributed by atoms with Crippen LogP contribution in [0.1, 0.15) is 10.4 Å². The highest BCUT2D eigenvalue weighted by molar-refractivity contribution is 5.93. The van der Waals surface area contributed by atoms with Gasteiger partial charge in [-0.25, -0.2) is 4.98 Å². The van der Waals surface area contributed by atoms with E-state index in [0.29, 0.717) is 22.4 Å². The largest absolute Gasteiger partial charge is 0.497 e. The van der Waals surface area contributed by atoms with Gasteiger partial charge in [0.2, 0.25) is 0 Å². The first kappa shape index (κ1) is 7.79. The van der Waals surface area contributed by atoms with Crippen molar-refractivity contribution < 1.29 is 13.9 Å². The Kier molecular flexibility index (Phi) is 1.73. The van der Waals surface area contributed by atoms with Crippen LogP contribution in [0.25, 0.3) is 11.1 Å². The van der Waals surface area contributed by atoms with Crippen molar-refractivity contribution in [1.82, 2.24) is 4.98 Å². The van der Waals surface area contributed by atoms with E-state index in [9.17, 15) is 4.79 Å². The van der Waals surface area contributed by atoms with E-state index in [1.54, 1.807) is 12.1 Å². The van der Waals surface area contributed by atoms with Crippen LogP contribution in [0.15, 0.2) is 22.9 Å². The van der Waals surface area contributed by atoms with Gasteiger partial charge in [-0.1, -0.05) is 0 Å². The summed E-state index contributed by atoms with van der Waals surface area (Å²) >= 11 is 0. The van der Waals surface area contributed by atoms with E-state index in [1.807, 2.05) is 0 Å². The molecule has 0 saturated carbocycles. The minimum Gasteiger partial charge on any atom is -0.497 e. The highest BCUT2D eigenvalue weighted by atomic mass is 16.5. The second-order valence-corrected chi connectivity index (χ2v) is 2.54. The lowest BCUT2D eigenvalue weighted by Gasteiger charge is -1.99. The molecule has 2 rings (SSSR count). The van der Waals surface area contributed by atoms with Gasteiger partial charge in [-0.2, -0.15) is 0 Å². The fraction of sp³-hybridized carbons (Fsp3) is 0.111. The number of nitrogens with zero attached hydrogens (tertiary/aromatic N) is 1. The summed E-state index contributed by atoms with van der Waals surface area (Å²) in [7, 11) is 1.54. The van der Waals surface area contributed by atoms with Gasteiger partial charge in [0.05, 0.1) is 12.7 Å². The SMILES string of the molecule is COc1cc(C=O)c2ocnc2c1. The molecule has 0 aliphatic carbocycles. The van der Waals surface area contributed by atoms with Crippen molar-refractivity contribution in [3.63, 3.8) is 0 Å². The maximum atomic E-state index is 10.6. The molecule has 0 aliphatic rings. The third kappa shape index (κ3) is 1.16. The second-order valence-electron chi connectivity index (χ2n) is 2.54. The van der Waals surface area contributed by atoms with Crippen LogP contribution in [0.4, 0.5) is 0 Å². The number of carbonyl (C=O) groups is 1. The molecule has 0 atom stereocenters. The van der Waals surface area contributed by atoms with Crippen LogP contribution in [0.3, 0.4) is 0 Å². The van der Waals surface area contributed by atoms with E-state index in [2.05, 4.69) is 4.98 Å². The van der Waals surface area contributed by atoms with Crippen LogP contribution in [0, 0.1) is 0 Å². The molecule has 0 unspecified atom stereocenters. The Morgan fingerprint density at radius 2 is 2.38 bits per heavy atom. The third-order valence-corrected chi connectivity index (χ3v) is 1.80. The molecule has 0 amide bonds. The average Bonchev–Trinajstić information content (AvgIpc) is 2.63. The first-order valence-corrected chi connectivity index (χ1v) is 3.71. The van der Waals surface area contributed by atoms with Gasteiger partial charge >= 0.3 is 0 Å². The Balaban J connectivity index is 2.77. The van der Waals surface area contributed by atoms with E-state index < -0.39 is 0 Å². The topological polar surface area (TPSA) is 52.3 Å². The first-order valence-electron chi connectivity index (χ1n) is 3.71. The molecule has 0 fully saturated rings. The summed E-state index contributed by atoms with van der Waals surface area (Å²) < 4.78 is 10.0. The molecule has 1 heterocycles. The number of aldehydes is 1. The van der Waals surface area contributed by atoms with Crippen LogP contribution < -0.4 is 4.74 Å². The van der Waals surface area contributed by atoms with Gasteiger partial charge in [-0.15, -0.1) is 0 Å². The Morgan fingerprint density at radius 3 is 3.08 bits per heavy atom. The molecular weight excluding hydrogens is 170 g/mol. The zero-order chi connectivity index (χ0) is 9.26. The minimum atomic E-state index is 0.451. The van der Waals surface area contributed by atoms with Gasteiger partial charge < -0.3 is 9.15 Å². The highest BCUT2D eigenvalue weighted by Crippen LogP contribution is 2.22. The van der Waals surface area contributed by atoms with Gasteiger partial charge in [-0.3, -0.25) is 4.79 Å². The summed E-state index contributed by atoms with van der Waals surface area (Å²) in [4.78, 5) is 14.6. The van der Waals surface area contributed by atoms with Crippen molar-refractivity contribution in [3.8, 4) is 5.75 Å². The quantitative estimate of drug-likeness (QED) is 0.654. The Labute approximate surface area is 74.1 Å². The molecule has 0 aliphatic heterocycles. The molecule has 66 valence electrons. The van der Waals surface area contributed by atoms with E-state index >= 15 is 0 Å². The lowest BCUT2D eigenvalue weighted by Crippen LogP contribution is -1.86. The van der Waals surface area contributed by atoms with E-state index in [1.165, 1.54) is 13.5 Å². The molecule has 2 aromatic rings. The van der Waals surface area contributed by atoms with Crippen LogP contribution in [0.5, 0.6) is 5.75 Å². The summed E-state index contributed by atoms with van der Waals surface area (Å²) in [5.41, 5.74) is 1.57. The summed E-state index contributed by atoms with van der Waals surface area (Å²) in [6.07, 6.45) is 2.02. The van der Waals surface area contributed by atoms with Crippen LogP contribution in [-0.2, 0) is 0 Å². The number of hydrogen-bond donors (Lipinski definition) is 0. The van der Waals surface area contributed by atoms with Gasteiger partial charge in [0.1, 0.15) is 11.3 Å². The molecule has 0 saturated heterocycles. The number of hydrogen-bond acceptors (Lipinski definition) is 4. The maximum absolute atomic E-state index is 10.6. The highest BCUT2D eigenvalue weighted by Gasteiger charge is 2.07. The number of benzene rings is 1. The van der Waals surface area contributed by atoms with Crippen molar-refractivity contribution in [2.24, 2.45) is 0 Å². The fourth-order valence-electron chi connectivity index (χ4n) is 1.17. The number of fused-ring (bicyclic) bond motifs is 1. The zero-order valence-corrected chi connectivity index (χ0v) is 6.98. The summed E-state index contributed by atoms with van der Waals surface area (Å²) in [5.74, 6) is 0.600. The number of aromatic nitrogens is 1. The Hall–Kier alpha value is -1.84. The van der Waals surface area contributed by atoms with Crippen LogP contribution in [0.2, 0.25) is 0 Å². The number of rotatable bonds is 2. The first-order chi connectivity index (χ1) is 6.35. The molecule has 0 radical (unpaired) electrons. The van der Waals surface area contributed by atoms with E-state index in [-0.39, 0.29) is 0 Å². The number of methoxy groups -OCH3 is 1. The number of oxazole rings is 1. The van der Waals surface area contributed by atoms with Crippen molar-refractivity contribution in [1.29, 1.82) is 0 Å². The Bertz CT molecular complexity index is 447. The summed E-state index contributed by atoms with van der Waals surface area (Å²) in [6, 6.07) is 3.33. The number of ether oxygens (including phenoxy) is 1. The van der Waals surface area contributed by atoms with Crippen molar-refractivity contribution in [3.05, 3.63) is 24.1 Å². The van der Waals surface area contributed by atoms with E-state index in [0.717, 1.165) is 6.29 Å². The van der Waals surface area contributed by atoms with Crippen LogP contribution in [-0.4, -0.2) is 18.4 Å². The molecule has 4 nitrogen and oxygen atoms in total. The average molecular weight is 177 g/mol. The molecule has 4 heteroatoms. The van der Waals surface area contributed by atoms with E-state index in [4.69, 9.17) is 9.15 Å². The third-order valence-electron chi connectivity index (χ3n) is 1.80. The standard InChI is InChI=1S/C9H7NO3/c1-12-7-2-6(4-11)9-8(3-7)10-5-13-9/h2-5H,1H3. The molecule has 13 heavy (non-hydrogen) atoms. The monoisotopic (exact) mass is 177 g/mol. The second kappa shape index (κ2) is 2.90. The van der Waals surface area contributed by atoms with Gasteiger partial charge in [0, 0.05) is 6.07 Å².